The zero-order valence-electron chi connectivity index (χ0n) is 15.4. The number of nitrogens with zero attached hydrogens (tertiary/aromatic N) is 2. The van der Waals surface area contributed by atoms with Gasteiger partial charge in [-0.05, 0) is 60.7 Å². The molecule has 2 aromatic carbocycles. The van der Waals surface area contributed by atoms with E-state index in [1.54, 1.807) is 24.4 Å². The summed E-state index contributed by atoms with van der Waals surface area (Å²) in [7, 11) is 0. The molecule has 4 rings (SSSR count). The summed E-state index contributed by atoms with van der Waals surface area (Å²) >= 11 is 0. The molecular formula is C22H14F2N4O2. The third kappa shape index (κ3) is 4.27. The van der Waals surface area contributed by atoms with E-state index in [4.69, 9.17) is 0 Å². The van der Waals surface area contributed by atoms with Crippen LogP contribution in [0.5, 0.6) is 0 Å². The van der Waals surface area contributed by atoms with Gasteiger partial charge in [-0.2, -0.15) is 0 Å². The van der Waals surface area contributed by atoms with Crippen molar-refractivity contribution in [2.75, 3.05) is 10.6 Å². The largest absolute Gasteiger partial charge is 0.323 e. The van der Waals surface area contributed by atoms with Gasteiger partial charge in [0.25, 0.3) is 0 Å². The monoisotopic (exact) mass is 404 g/mol. The van der Waals surface area contributed by atoms with Gasteiger partial charge in [0.05, 0.1) is 11.0 Å². The molecular weight excluding hydrogens is 390 g/mol. The van der Waals surface area contributed by atoms with Gasteiger partial charge in [-0.15, -0.1) is 0 Å². The van der Waals surface area contributed by atoms with E-state index in [1.165, 1.54) is 30.3 Å². The Hall–Kier alpha value is -4.20. The van der Waals surface area contributed by atoms with Crippen molar-refractivity contribution < 1.29 is 18.4 Å². The molecule has 30 heavy (non-hydrogen) atoms. The molecule has 0 saturated carbocycles. The molecule has 0 fully saturated rings. The number of ketones is 1. The van der Waals surface area contributed by atoms with E-state index in [1.807, 2.05) is 0 Å². The molecule has 2 heterocycles. The summed E-state index contributed by atoms with van der Waals surface area (Å²) in [6.45, 7) is 0. The molecule has 0 radical (unpaired) electrons. The van der Waals surface area contributed by atoms with Crippen LogP contribution in [0.4, 0.5) is 25.0 Å². The second-order valence-electron chi connectivity index (χ2n) is 6.39. The predicted molar refractivity (Wildman–Crippen MR) is 108 cm³/mol. The fourth-order valence-corrected chi connectivity index (χ4v) is 2.88. The van der Waals surface area contributed by atoms with Crippen LogP contribution in [0.2, 0.25) is 0 Å². The zero-order chi connectivity index (χ0) is 21.1. The topological polar surface area (TPSA) is 84.0 Å². The van der Waals surface area contributed by atoms with Crippen LogP contribution in [0, 0.1) is 11.6 Å². The van der Waals surface area contributed by atoms with Gasteiger partial charge in [-0.1, -0.05) is 6.07 Å². The Bertz CT molecular complexity index is 1280. The minimum absolute atomic E-state index is 0.0202. The van der Waals surface area contributed by atoms with E-state index >= 15 is 0 Å². The number of urea groups is 1. The van der Waals surface area contributed by atoms with Gasteiger partial charge in [0, 0.05) is 23.1 Å². The Morgan fingerprint density at radius 1 is 0.767 bits per heavy atom. The highest BCUT2D eigenvalue weighted by molar-refractivity contribution is 6.09. The first-order valence-electron chi connectivity index (χ1n) is 8.88. The van der Waals surface area contributed by atoms with Gasteiger partial charge in [-0.25, -0.2) is 18.6 Å². The minimum Gasteiger partial charge on any atom is -0.308 e. The maximum Gasteiger partial charge on any atom is 0.323 e. The van der Waals surface area contributed by atoms with Crippen LogP contribution in [0.25, 0.3) is 11.0 Å². The lowest BCUT2D eigenvalue weighted by molar-refractivity contribution is 0.103. The highest BCUT2D eigenvalue weighted by atomic mass is 19.1. The molecule has 2 N–H and O–H groups in total. The summed E-state index contributed by atoms with van der Waals surface area (Å²) in [5.41, 5.74) is 1.60. The summed E-state index contributed by atoms with van der Waals surface area (Å²) in [4.78, 5) is 33.3. The Balaban J connectivity index is 1.56. The first-order valence-corrected chi connectivity index (χ1v) is 8.88. The van der Waals surface area contributed by atoms with Crippen molar-refractivity contribution in [3.63, 3.8) is 0 Å². The number of pyridine rings is 2. The number of hydrogen-bond acceptors (Lipinski definition) is 4. The second kappa shape index (κ2) is 8.04. The van der Waals surface area contributed by atoms with Crippen LogP contribution in [0.15, 0.2) is 72.9 Å². The van der Waals surface area contributed by atoms with Crippen LogP contribution in [-0.4, -0.2) is 21.8 Å². The summed E-state index contributed by atoms with van der Waals surface area (Å²) < 4.78 is 27.3. The van der Waals surface area contributed by atoms with Crippen LogP contribution in [0.1, 0.15) is 16.1 Å². The minimum atomic E-state index is -0.709. The second-order valence-corrected chi connectivity index (χ2v) is 6.39. The number of carbonyl (C=O) groups is 2. The fourth-order valence-electron chi connectivity index (χ4n) is 2.88. The zero-order valence-corrected chi connectivity index (χ0v) is 15.4. The number of halogens is 2. The van der Waals surface area contributed by atoms with Crippen LogP contribution >= 0.6 is 0 Å². The third-order valence-corrected chi connectivity index (χ3v) is 4.19. The average molecular weight is 404 g/mol. The van der Waals surface area contributed by atoms with E-state index < -0.39 is 23.4 Å². The van der Waals surface area contributed by atoms with Gasteiger partial charge >= 0.3 is 6.03 Å². The lowest BCUT2D eigenvalue weighted by atomic mass is 10.1. The molecule has 148 valence electrons. The van der Waals surface area contributed by atoms with Crippen molar-refractivity contribution in [2.24, 2.45) is 0 Å². The van der Waals surface area contributed by atoms with Gasteiger partial charge in [0.2, 0.25) is 5.78 Å². The SMILES string of the molecule is O=C(Nc1cccc(F)c1)Nc1cc(F)cc(C(=O)c2ccc3ncccc3n2)c1. The maximum atomic E-state index is 14.1. The molecule has 0 unspecified atom stereocenters. The normalized spacial score (nSPS) is 10.6. The fraction of sp³-hybridized carbons (Fsp3) is 0. The number of benzene rings is 2. The summed E-state index contributed by atoms with van der Waals surface area (Å²) in [6.07, 6.45) is 1.62. The number of amides is 2. The number of fused-ring (bicyclic) bond motifs is 1. The molecule has 8 heteroatoms. The van der Waals surface area contributed by atoms with Gasteiger partial charge in [0.1, 0.15) is 17.3 Å². The molecule has 0 spiro atoms. The van der Waals surface area contributed by atoms with Crippen molar-refractivity contribution in [2.45, 2.75) is 0 Å². The van der Waals surface area contributed by atoms with Crippen LogP contribution in [-0.2, 0) is 0 Å². The lowest BCUT2D eigenvalue weighted by Gasteiger charge is -2.09. The number of carbonyl (C=O) groups excluding carboxylic acids is 2. The Labute approximate surface area is 169 Å². The molecule has 0 bridgehead atoms. The molecule has 4 aromatic rings. The Morgan fingerprint density at radius 3 is 2.40 bits per heavy atom. The Morgan fingerprint density at radius 2 is 1.57 bits per heavy atom. The number of nitrogens with one attached hydrogen (secondary N) is 2. The highest BCUT2D eigenvalue weighted by Crippen LogP contribution is 2.19. The van der Waals surface area contributed by atoms with E-state index in [2.05, 4.69) is 20.6 Å². The number of hydrogen-bond donors (Lipinski definition) is 2. The van der Waals surface area contributed by atoms with Crippen molar-refractivity contribution >= 4 is 34.2 Å². The van der Waals surface area contributed by atoms with Crippen molar-refractivity contribution in [1.29, 1.82) is 0 Å². The lowest BCUT2D eigenvalue weighted by Crippen LogP contribution is -2.20. The quantitative estimate of drug-likeness (QED) is 0.480. The number of rotatable bonds is 4. The molecule has 6 nitrogen and oxygen atoms in total. The van der Waals surface area contributed by atoms with E-state index in [0.29, 0.717) is 11.0 Å². The van der Waals surface area contributed by atoms with Crippen molar-refractivity contribution in [3.05, 3.63) is 95.8 Å². The molecule has 2 amide bonds. The van der Waals surface area contributed by atoms with Crippen molar-refractivity contribution in [3.8, 4) is 0 Å². The molecule has 2 aromatic heterocycles. The molecule has 0 aliphatic carbocycles. The first-order chi connectivity index (χ1) is 14.5. The van der Waals surface area contributed by atoms with E-state index in [0.717, 1.165) is 18.2 Å². The Kier molecular flexibility index (Phi) is 5.13. The molecule has 0 aliphatic heterocycles. The third-order valence-electron chi connectivity index (χ3n) is 4.19. The summed E-state index contributed by atoms with van der Waals surface area (Å²) in [5.74, 6) is -1.72. The van der Waals surface area contributed by atoms with Gasteiger partial charge < -0.3 is 10.6 Å². The van der Waals surface area contributed by atoms with E-state index in [-0.39, 0.29) is 22.6 Å². The number of aromatic nitrogens is 2. The predicted octanol–water partition coefficient (Wildman–Crippen LogP) is 4.78. The van der Waals surface area contributed by atoms with Crippen LogP contribution in [0.3, 0.4) is 0 Å². The summed E-state index contributed by atoms with van der Waals surface area (Å²) in [5, 5.41) is 4.87. The summed E-state index contributed by atoms with van der Waals surface area (Å²) in [6, 6.07) is 14.7. The van der Waals surface area contributed by atoms with Crippen molar-refractivity contribution in [1.82, 2.24) is 9.97 Å². The molecule has 0 saturated heterocycles. The van der Waals surface area contributed by atoms with Crippen LogP contribution < -0.4 is 10.6 Å². The van der Waals surface area contributed by atoms with Gasteiger partial charge in [0.15, 0.2) is 0 Å². The first kappa shape index (κ1) is 19.1. The molecule has 0 aliphatic rings. The standard InChI is InChI=1S/C22H14F2N4O2/c23-14-3-1-4-16(11-14)26-22(30)27-17-10-13(9-15(24)12-17)21(29)20-7-6-18-19(28-20)5-2-8-25-18/h1-12H,(H2,26,27,30). The average Bonchev–Trinajstić information content (AvgIpc) is 2.72. The van der Waals surface area contributed by atoms with E-state index in [9.17, 15) is 18.4 Å². The maximum absolute atomic E-state index is 14.1. The number of anilines is 2. The molecule has 0 atom stereocenters. The van der Waals surface area contributed by atoms with Gasteiger partial charge in [-0.3, -0.25) is 9.78 Å². The highest BCUT2D eigenvalue weighted by Gasteiger charge is 2.15. The smallest absolute Gasteiger partial charge is 0.308 e.